The third-order valence-corrected chi connectivity index (χ3v) is 3.49. The first-order valence-electron chi connectivity index (χ1n) is 6.84. The number of hydrogen-bond donors (Lipinski definition) is 3. The van der Waals surface area contributed by atoms with E-state index in [0.29, 0.717) is 18.7 Å². The first-order chi connectivity index (χ1) is 9.61. The molecule has 1 aliphatic rings. The van der Waals surface area contributed by atoms with E-state index < -0.39 is 17.8 Å². The molecular weight excluding hydrogens is 258 g/mol. The molecule has 1 amide bonds. The van der Waals surface area contributed by atoms with Crippen LogP contribution in [-0.2, 0) is 16.0 Å². The highest BCUT2D eigenvalue weighted by Gasteiger charge is 2.34. The quantitative estimate of drug-likeness (QED) is 0.717. The number of nitrogens with zero attached hydrogens (tertiary/aromatic N) is 1. The molecule has 0 saturated heterocycles. The number of aliphatic carboxylic acids is 1. The number of carbonyl (C=O) groups is 2. The molecule has 2 atom stereocenters. The molecule has 0 aromatic carbocycles. The van der Waals surface area contributed by atoms with Gasteiger partial charge in [-0.05, 0) is 19.3 Å². The largest absolute Gasteiger partial charge is 0.481 e. The summed E-state index contributed by atoms with van der Waals surface area (Å²) >= 11 is 0. The zero-order chi connectivity index (χ0) is 14.5. The van der Waals surface area contributed by atoms with Crippen LogP contribution in [0.15, 0.2) is 18.2 Å². The number of carbonyl (C=O) groups excluding carboxylic acids is 1. The van der Waals surface area contributed by atoms with Gasteiger partial charge >= 0.3 is 5.97 Å². The second kappa shape index (κ2) is 6.36. The van der Waals surface area contributed by atoms with Gasteiger partial charge in [-0.3, -0.25) is 14.7 Å². The van der Waals surface area contributed by atoms with Crippen molar-refractivity contribution in [2.75, 3.05) is 5.32 Å². The Morgan fingerprint density at radius 2 is 2.10 bits per heavy atom. The van der Waals surface area contributed by atoms with Gasteiger partial charge in [-0.15, -0.1) is 0 Å². The summed E-state index contributed by atoms with van der Waals surface area (Å²) in [5.74, 6) is -1.95. The van der Waals surface area contributed by atoms with Crippen LogP contribution in [0.3, 0.4) is 0 Å². The monoisotopic (exact) mass is 277 g/mol. The molecule has 3 N–H and O–H groups in total. The van der Waals surface area contributed by atoms with Gasteiger partial charge in [0, 0.05) is 11.8 Å². The average Bonchev–Trinajstić information content (AvgIpc) is 2.86. The Morgan fingerprint density at radius 1 is 1.40 bits per heavy atom. The van der Waals surface area contributed by atoms with Crippen molar-refractivity contribution in [3.8, 4) is 0 Å². The summed E-state index contributed by atoms with van der Waals surface area (Å²) in [4.78, 5) is 23.4. The maximum atomic E-state index is 12.2. The number of rotatable bonds is 5. The minimum absolute atomic E-state index is 0.281. The van der Waals surface area contributed by atoms with Crippen LogP contribution in [-0.4, -0.2) is 27.2 Å². The van der Waals surface area contributed by atoms with Crippen molar-refractivity contribution in [3.63, 3.8) is 0 Å². The van der Waals surface area contributed by atoms with Crippen molar-refractivity contribution < 1.29 is 14.7 Å². The second-order valence-corrected chi connectivity index (χ2v) is 5.01. The lowest BCUT2D eigenvalue weighted by Gasteiger charge is -2.23. The van der Waals surface area contributed by atoms with Gasteiger partial charge in [0.05, 0.1) is 11.8 Å². The number of aryl methyl sites for hydroxylation is 1. The molecular formula is C14H19N3O3. The van der Waals surface area contributed by atoms with Gasteiger partial charge in [-0.1, -0.05) is 25.5 Å². The van der Waals surface area contributed by atoms with Gasteiger partial charge in [0.2, 0.25) is 5.91 Å². The Kier molecular flexibility index (Phi) is 4.55. The zero-order valence-corrected chi connectivity index (χ0v) is 11.4. The highest BCUT2D eigenvalue weighted by molar-refractivity contribution is 5.94. The molecule has 0 saturated carbocycles. The lowest BCUT2D eigenvalue weighted by molar-refractivity contribution is -0.146. The maximum absolute atomic E-state index is 12.2. The molecule has 1 aliphatic carbocycles. The number of carboxylic acids is 1. The van der Waals surface area contributed by atoms with Crippen LogP contribution in [0.2, 0.25) is 0 Å². The van der Waals surface area contributed by atoms with Crippen molar-refractivity contribution in [2.24, 2.45) is 11.8 Å². The topological polar surface area (TPSA) is 95.1 Å². The van der Waals surface area contributed by atoms with Gasteiger partial charge in [0.15, 0.2) is 5.82 Å². The number of aromatic nitrogens is 2. The maximum Gasteiger partial charge on any atom is 0.307 e. The number of allylic oxidation sites excluding steroid dienone is 2. The van der Waals surface area contributed by atoms with Crippen LogP contribution < -0.4 is 5.32 Å². The summed E-state index contributed by atoms with van der Waals surface area (Å²) in [7, 11) is 0. The highest BCUT2D eigenvalue weighted by atomic mass is 16.4. The predicted molar refractivity (Wildman–Crippen MR) is 74.2 cm³/mol. The van der Waals surface area contributed by atoms with Gasteiger partial charge in [0.25, 0.3) is 0 Å². The smallest absolute Gasteiger partial charge is 0.307 e. The minimum Gasteiger partial charge on any atom is -0.481 e. The Bertz CT molecular complexity index is 521. The van der Waals surface area contributed by atoms with Crippen molar-refractivity contribution in [2.45, 2.75) is 32.6 Å². The predicted octanol–water partition coefficient (Wildman–Crippen LogP) is 1.97. The molecule has 0 fully saturated rings. The summed E-state index contributed by atoms with van der Waals surface area (Å²) < 4.78 is 0. The number of H-pyrrole nitrogens is 1. The normalized spacial score (nSPS) is 21.6. The van der Waals surface area contributed by atoms with Gasteiger partial charge in [-0.2, -0.15) is 5.10 Å². The molecule has 6 nitrogen and oxygen atoms in total. The molecule has 6 heteroatoms. The average molecular weight is 277 g/mol. The molecule has 2 rings (SSSR count). The standard InChI is InChI=1S/C14H19N3O3/c1-2-5-9-8-12(17-16-9)15-13(18)10-6-3-4-7-11(10)14(19)20/h3-4,8,10-11H,2,5-7H2,1H3,(H,19,20)(H2,15,16,17,18). The molecule has 0 radical (unpaired) electrons. The summed E-state index contributed by atoms with van der Waals surface area (Å²) in [5, 5.41) is 18.7. The number of aromatic amines is 1. The molecule has 0 bridgehead atoms. The molecule has 108 valence electrons. The Balaban J connectivity index is 2.02. The van der Waals surface area contributed by atoms with Gasteiger partial charge in [0.1, 0.15) is 0 Å². The van der Waals surface area contributed by atoms with E-state index in [1.807, 2.05) is 12.2 Å². The summed E-state index contributed by atoms with van der Waals surface area (Å²) in [6, 6.07) is 1.79. The fourth-order valence-corrected chi connectivity index (χ4v) is 2.42. The molecule has 1 heterocycles. The fourth-order valence-electron chi connectivity index (χ4n) is 2.42. The lowest BCUT2D eigenvalue weighted by atomic mass is 9.82. The van der Waals surface area contributed by atoms with Crippen LogP contribution in [0, 0.1) is 11.8 Å². The van der Waals surface area contributed by atoms with Crippen molar-refractivity contribution in [1.29, 1.82) is 0 Å². The second-order valence-electron chi connectivity index (χ2n) is 5.01. The van der Waals surface area contributed by atoms with Crippen molar-refractivity contribution >= 4 is 17.7 Å². The van der Waals surface area contributed by atoms with Gasteiger partial charge < -0.3 is 10.4 Å². The van der Waals surface area contributed by atoms with E-state index in [9.17, 15) is 9.59 Å². The Labute approximate surface area is 117 Å². The highest BCUT2D eigenvalue weighted by Crippen LogP contribution is 2.27. The summed E-state index contributed by atoms with van der Waals surface area (Å²) in [6.07, 6.45) is 6.38. The van der Waals surface area contributed by atoms with E-state index in [1.165, 1.54) is 0 Å². The number of amides is 1. The van der Waals surface area contributed by atoms with E-state index in [1.54, 1.807) is 6.07 Å². The zero-order valence-electron chi connectivity index (χ0n) is 11.4. The minimum atomic E-state index is -0.928. The molecule has 1 aromatic rings. The van der Waals surface area contributed by atoms with Crippen LogP contribution in [0.25, 0.3) is 0 Å². The lowest BCUT2D eigenvalue weighted by Crippen LogP contribution is -2.34. The molecule has 20 heavy (non-hydrogen) atoms. The Hall–Kier alpha value is -2.11. The fraction of sp³-hybridized carbons (Fsp3) is 0.500. The number of hydrogen-bond acceptors (Lipinski definition) is 3. The number of nitrogens with one attached hydrogen (secondary N) is 2. The van der Waals surface area contributed by atoms with E-state index in [0.717, 1.165) is 18.5 Å². The summed E-state index contributed by atoms with van der Waals surface area (Å²) in [5.41, 5.74) is 0.959. The number of carboxylic acid groups (broad SMARTS) is 1. The van der Waals surface area contributed by atoms with Crippen molar-refractivity contribution in [1.82, 2.24) is 10.2 Å². The third kappa shape index (κ3) is 3.26. The van der Waals surface area contributed by atoms with Gasteiger partial charge in [-0.25, -0.2) is 0 Å². The van der Waals surface area contributed by atoms with E-state index >= 15 is 0 Å². The van der Waals surface area contributed by atoms with Crippen LogP contribution in [0.5, 0.6) is 0 Å². The van der Waals surface area contributed by atoms with Crippen LogP contribution in [0.4, 0.5) is 5.82 Å². The van der Waals surface area contributed by atoms with E-state index in [4.69, 9.17) is 5.11 Å². The third-order valence-electron chi connectivity index (χ3n) is 3.49. The molecule has 0 aliphatic heterocycles. The van der Waals surface area contributed by atoms with E-state index in [-0.39, 0.29) is 5.91 Å². The van der Waals surface area contributed by atoms with Crippen LogP contribution in [0.1, 0.15) is 31.9 Å². The Morgan fingerprint density at radius 3 is 2.75 bits per heavy atom. The van der Waals surface area contributed by atoms with Crippen molar-refractivity contribution in [3.05, 3.63) is 23.9 Å². The molecule has 0 spiro atoms. The molecule has 2 unspecified atom stereocenters. The first kappa shape index (κ1) is 14.3. The van der Waals surface area contributed by atoms with E-state index in [2.05, 4.69) is 22.4 Å². The molecule has 1 aromatic heterocycles. The number of anilines is 1. The summed E-state index contributed by atoms with van der Waals surface area (Å²) in [6.45, 7) is 2.06. The first-order valence-corrected chi connectivity index (χ1v) is 6.84. The van der Waals surface area contributed by atoms with Crippen LogP contribution >= 0.6 is 0 Å². The SMILES string of the molecule is CCCc1cc(NC(=O)C2CC=CCC2C(=O)O)n[nH]1.